The number of hydrogen-bond acceptors (Lipinski definition) is 6. The van der Waals surface area contributed by atoms with E-state index >= 15 is 0 Å². The molecule has 1 N–H and O–H groups in total. The maximum absolute atomic E-state index is 13.2. The summed E-state index contributed by atoms with van der Waals surface area (Å²) in [7, 11) is 0. The zero-order valence-corrected chi connectivity index (χ0v) is 15.7. The predicted molar refractivity (Wildman–Crippen MR) is 99.3 cm³/mol. The van der Waals surface area contributed by atoms with Crippen LogP contribution in [0.25, 0.3) is 0 Å². The molecule has 0 fully saturated rings. The normalized spacial score (nSPS) is 11.0. The lowest BCUT2D eigenvalue weighted by molar-refractivity contribution is 0.419. The molecule has 2 heterocycles. The summed E-state index contributed by atoms with van der Waals surface area (Å²) >= 11 is 1.12. The molecule has 146 valence electrons. The van der Waals surface area contributed by atoms with Crippen molar-refractivity contribution in [3.05, 3.63) is 86.0 Å². The highest BCUT2D eigenvalue weighted by molar-refractivity contribution is 7.98. The van der Waals surface area contributed by atoms with Gasteiger partial charge in [-0.1, -0.05) is 17.8 Å². The van der Waals surface area contributed by atoms with Gasteiger partial charge in [0.1, 0.15) is 11.6 Å². The molecule has 0 bridgehead atoms. The number of hydrogen-bond donors (Lipinski definition) is 1. The Morgan fingerprint density at radius 1 is 1.25 bits per heavy atom. The summed E-state index contributed by atoms with van der Waals surface area (Å²) in [5, 5.41) is 7.96. The highest BCUT2D eigenvalue weighted by atomic mass is 32.2. The van der Waals surface area contributed by atoms with Gasteiger partial charge in [0.2, 0.25) is 5.89 Å². The summed E-state index contributed by atoms with van der Waals surface area (Å²) in [5.74, 6) is -0.900. The van der Waals surface area contributed by atoms with Crippen molar-refractivity contribution in [2.45, 2.75) is 30.9 Å². The van der Waals surface area contributed by atoms with E-state index < -0.39 is 22.9 Å². The van der Waals surface area contributed by atoms with Gasteiger partial charge in [-0.15, -0.1) is 16.8 Å². The molecule has 0 amide bonds. The van der Waals surface area contributed by atoms with E-state index in [0.717, 1.165) is 22.4 Å². The Morgan fingerprint density at radius 3 is 2.64 bits per heavy atom. The Morgan fingerprint density at radius 2 is 1.96 bits per heavy atom. The van der Waals surface area contributed by atoms with E-state index in [-0.39, 0.29) is 29.8 Å². The number of benzene rings is 1. The number of halogens is 2. The number of thioether (sulfide) groups is 1. The Kier molecular flexibility index (Phi) is 5.88. The van der Waals surface area contributed by atoms with E-state index in [0.29, 0.717) is 16.8 Å². The lowest BCUT2D eigenvalue weighted by Crippen LogP contribution is -2.37. The van der Waals surface area contributed by atoms with Crippen LogP contribution in [-0.4, -0.2) is 19.7 Å². The van der Waals surface area contributed by atoms with Crippen molar-refractivity contribution >= 4 is 11.8 Å². The SMILES string of the molecule is C=CCn1c(=O)[nH]c(C)c(Cc2nnc(SCc3cc(F)cc(F)c3)o2)c1=O. The first kappa shape index (κ1) is 19.7. The smallest absolute Gasteiger partial charge is 0.328 e. The lowest BCUT2D eigenvalue weighted by atomic mass is 10.1. The molecule has 28 heavy (non-hydrogen) atoms. The van der Waals surface area contributed by atoms with Gasteiger partial charge in [0.25, 0.3) is 10.8 Å². The summed E-state index contributed by atoms with van der Waals surface area (Å²) in [6.45, 7) is 5.22. The molecule has 3 rings (SSSR count). The topological polar surface area (TPSA) is 93.8 Å². The van der Waals surface area contributed by atoms with Crippen LogP contribution in [0.4, 0.5) is 8.78 Å². The molecule has 0 aliphatic rings. The van der Waals surface area contributed by atoms with Gasteiger partial charge in [-0.05, 0) is 24.6 Å². The molecular formula is C18H16F2N4O3S. The lowest BCUT2D eigenvalue weighted by Gasteiger charge is -2.06. The van der Waals surface area contributed by atoms with E-state index in [1.165, 1.54) is 18.2 Å². The van der Waals surface area contributed by atoms with Gasteiger partial charge in [-0.3, -0.25) is 9.36 Å². The first-order chi connectivity index (χ1) is 13.4. The van der Waals surface area contributed by atoms with Crippen molar-refractivity contribution in [1.82, 2.24) is 19.7 Å². The molecule has 0 radical (unpaired) electrons. The van der Waals surface area contributed by atoms with Gasteiger partial charge in [0.05, 0.1) is 6.42 Å². The van der Waals surface area contributed by atoms with Gasteiger partial charge in [0.15, 0.2) is 0 Å². The van der Waals surface area contributed by atoms with E-state index in [2.05, 4.69) is 21.8 Å². The third-order valence-corrected chi connectivity index (χ3v) is 4.76. The monoisotopic (exact) mass is 406 g/mol. The molecule has 10 heteroatoms. The fraction of sp³-hybridized carbons (Fsp3) is 0.222. The average Bonchev–Trinajstić information content (AvgIpc) is 3.07. The van der Waals surface area contributed by atoms with Crippen LogP contribution >= 0.6 is 11.8 Å². The number of rotatable bonds is 7. The Hall–Kier alpha value is -3.01. The van der Waals surface area contributed by atoms with Gasteiger partial charge in [-0.2, -0.15) is 0 Å². The van der Waals surface area contributed by atoms with Crippen LogP contribution in [0.5, 0.6) is 0 Å². The highest BCUT2D eigenvalue weighted by Crippen LogP contribution is 2.23. The maximum Gasteiger partial charge on any atom is 0.328 e. The highest BCUT2D eigenvalue weighted by Gasteiger charge is 2.15. The van der Waals surface area contributed by atoms with Crippen LogP contribution in [0.2, 0.25) is 0 Å². The van der Waals surface area contributed by atoms with E-state index in [1.54, 1.807) is 6.92 Å². The molecule has 0 aliphatic carbocycles. The van der Waals surface area contributed by atoms with Gasteiger partial charge in [0, 0.05) is 29.6 Å². The molecule has 0 saturated carbocycles. The van der Waals surface area contributed by atoms with Gasteiger partial charge in [-0.25, -0.2) is 13.6 Å². The van der Waals surface area contributed by atoms with Gasteiger partial charge >= 0.3 is 5.69 Å². The fourth-order valence-corrected chi connectivity index (χ4v) is 3.29. The molecular weight excluding hydrogens is 390 g/mol. The molecule has 0 saturated heterocycles. The van der Waals surface area contributed by atoms with Crippen molar-refractivity contribution in [3.63, 3.8) is 0 Å². The minimum Gasteiger partial charge on any atom is -0.416 e. The molecule has 0 atom stereocenters. The summed E-state index contributed by atoms with van der Waals surface area (Å²) in [6, 6.07) is 3.24. The van der Waals surface area contributed by atoms with Crippen molar-refractivity contribution < 1.29 is 13.2 Å². The third-order valence-electron chi connectivity index (χ3n) is 3.87. The molecule has 7 nitrogen and oxygen atoms in total. The van der Waals surface area contributed by atoms with E-state index in [1.807, 2.05) is 0 Å². The molecule has 2 aromatic heterocycles. The minimum atomic E-state index is -0.661. The Bertz CT molecular complexity index is 1120. The quantitative estimate of drug-likeness (QED) is 0.479. The van der Waals surface area contributed by atoms with Crippen molar-refractivity contribution in [2.24, 2.45) is 0 Å². The fourth-order valence-electron chi connectivity index (χ4n) is 2.58. The zero-order chi connectivity index (χ0) is 20.3. The van der Waals surface area contributed by atoms with Crippen LogP contribution in [0.3, 0.4) is 0 Å². The first-order valence-electron chi connectivity index (χ1n) is 8.21. The predicted octanol–water partition coefficient (Wildman–Crippen LogP) is 2.58. The van der Waals surface area contributed by atoms with E-state index in [9.17, 15) is 18.4 Å². The van der Waals surface area contributed by atoms with Crippen LogP contribution < -0.4 is 11.2 Å². The van der Waals surface area contributed by atoms with Crippen LogP contribution in [0, 0.1) is 18.6 Å². The number of aromatic nitrogens is 4. The minimum absolute atomic E-state index is 0.0424. The number of aromatic amines is 1. The number of nitrogens with zero attached hydrogens (tertiary/aromatic N) is 3. The maximum atomic E-state index is 13.2. The molecule has 0 aliphatic heterocycles. The van der Waals surface area contributed by atoms with Crippen molar-refractivity contribution in [3.8, 4) is 0 Å². The number of allylic oxidation sites excluding steroid dienone is 1. The second-order valence-electron chi connectivity index (χ2n) is 5.94. The van der Waals surface area contributed by atoms with E-state index in [4.69, 9.17) is 4.42 Å². The summed E-state index contributed by atoms with van der Waals surface area (Å²) in [5.41, 5.74) is 0.205. The average molecular weight is 406 g/mol. The second-order valence-corrected chi connectivity index (χ2v) is 6.87. The molecule has 3 aromatic rings. The Labute approximate surface area is 162 Å². The summed E-state index contributed by atoms with van der Waals surface area (Å²) in [4.78, 5) is 27.0. The van der Waals surface area contributed by atoms with Crippen LogP contribution in [-0.2, 0) is 18.7 Å². The first-order valence-corrected chi connectivity index (χ1v) is 9.19. The molecule has 0 unspecified atom stereocenters. The molecule has 0 spiro atoms. The summed E-state index contributed by atoms with van der Waals surface area (Å²) in [6.07, 6.45) is 1.49. The third kappa shape index (κ3) is 4.45. The number of H-pyrrole nitrogens is 1. The number of aryl methyl sites for hydroxylation is 1. The van der Waals surface area contributed by atoms with Crippen LogP contribution in [0.1, 0.15) is 22.7 Å². The van der Waals surface area contributed by atoms with Crippen molar-refractivity contribution in [2.75, 3.05) is 0 Å². The second kappa shape index (κ2) is 8.34. The zero-order valence-electron chi connectivity index (χ0n) is 14.9. The van der Waals surface area contributed by atoms with Crippen LogP contribution in [0.15, 0.2) is 50.1 Å². The van der Waals surface area contributed by atoms with Gasteiger partial charge < -0.3 is 9.40 Å². The Balaban J connectivity index is 1.76. The largest absolute Gasteiger partial charge is 0.416 e. The summed E-state index contributed by atoms with van der Waals surface area (Å²) < 4.78 is 33.0. The molecule has 1 aromatic carbocycles. The number of nitrogens with one attached hydrogen (secondary N) is 1. The van der Waals surface area contributed by atoms with Crippen molar-refractivity contribution in [1.29, 1.82) is 0 Å². The standard InChI is InChI=1S/C18H16F2N4O3S/c1-3-4-24-16(25)14(10(2)21-17(24)26)8-15-22-23-18(27-15)28-9-11-5-12(19)7-13(20)6-11/h3,5-7H,1,4,8-9H2,2H3,(H,21,26).